The van der Waals surface area contributed by atoms with Crippen molar-refractivity contribution in [2.75, 3.05) is 11.9 Å². The van der Waals surface area contributed by atoms with E-state index < -0.39 is 0 Å². The van der Waals surface area contributed by atoms with Crippen LogP contribution >= 0.6 is 15.9 Å². The van der Waals surface area contributed by atoms with Crippen LogP contribution in [0.15, 0.2) is 16.9 Å². The molecule has 2 N–H and O–H groups in total. The Morgan fingerprint density at radius 3 is 2.89 bits per heavy atom. The van der Waals surface area contributed by atoms with E-state index in [-0.39, 0.29) is 0 Å². The van der Waals surface area contributed by atoms with E-state index in [1.165, 1.54) is 5.56 Å². The Hall–Kier alpha value is -1.43. The summed E-state index contributed by atoms with van der Waals surface area (Å²) in [6.07, 6.45) is 4.79. The summed E-state index contributed by atoms with van der Waals surface area (Å²) in [6.45, 7) is 4.98. The Morgan fingerprint density at radius 2 is 2.21 bits per heavy atom. The van der Waals surface area contributed by atoms with Crippen molar-refractivity contribution in [1.82, 2.24) is 20.2 Å². The lowest BCUT2D eigenvalue weighted by Crippen LogP contribution is -2.07. The Bertz CT molecular complexity index is 538. The molecule has 2 heterocycles. The average molecular weight is 324 g/mol. The van der Waals surface area contributed by atoms with E-state index in [0.29, 0.717) is 0 Å². The lowest BCUT2D eigenvalue weighted by molar-refractivity contribution is 0.845. The summed E-state index contributed by atoms with van der Waals surface area (Å²) >= 11 is 3.40. The van der Waals surface area contributed by atoms with Crippen LogP contribution in [0.2, 0.25) is 0 Å². The number of aromatic nitrogens is 4. The van der Waals surface area contributed by atoms with Crippen LogP contribution in [-0.2, 0) is 12.8 Å². The first kappa shape index (κ1) is 14.0. The van der Waals surface area contributed by atoms with Gasteiger partial charge in [-0.1, -0.05) is 6.92 Å². The zero-order valence-electron chi connectivity index (χ0n) is 11.2. The highest BCUT2D eigenvalue weighted by molar-refractivity contribution is 9.10. The van der Waals surface area contributed by atoms with Gasteiger partial charge in [-0.05, 0) is 41.3 Å². The predicted molar refractivity (Wildman–Crippen MR) is 79.2 cm³/mol. The molecule has 0 unspecified atom stereocenters. The Morgan fingerprint density at radius 1 is 1.37 bits per heavy atom. The minimum absolute atomic E-state index is 0.826. The maximum atomic E-state index is 4.43. The monoisotopic (exact) mass is 323 g/mol. The Balaban J connectivity index is 1.82. The lowest BCUT2D eigenvalue weighted by Gasteiger charge is -2.07. The van der Waals surface area contributed by atoms with Gasteiger partial charge in [0.25, 0.3) is 0 Å². The summed E-state index contributed by atoms with van der Waals surface area (Å²) in [6, 6.07) is 1.91. The van der Waals surface area contributed by atoms with E-state index in [1.807, 2.05) is 26.1 Å². The molecular formula is C13H18BrN5. The number of nitrogens with zero attached hydrogens (tertiary/aromatic N) is 3. The first-order chi connectivity index (χ1) is 9.19. The van der Waals surface area contributed by atoms with E-state index >= 15 is 0 Å². The van der Waals surface area contributed by atoms with Crippen molar-refractivity contribution in [2.45, 2.75) is 33.1 Å². The van der Waals surface area contributed by atoms with E-state index in [9.17, 15) is 0 Å². The minimum atomic E-state index is 0.826. The quantitative estimate of drug-likeness (QED) is 0.633. The van der Waals surface area contributed by atoms with Crippen LogP contribution < -0.4 is 5.32 Å². The molecule has 19 heavy (non-hydrogen) atoms. The molecule has 0 amide bonds. The predicted octanol–water partition coefficient (Wildman–Crippen LogP) is 2.88. The van der Waals surface area contributed by atoms with Crippen LogP contribution in [0.4, 0.5) is 5.82 Å². The summed E-state index contributed by atoms with van der Waals surface area (Å²) < 4.78 is 0.826. The average Bonchev–Trinajstić information content (AvgIpc) is 2.80. The molecule has 102 valence electrons. The largest absolute Gasteiger partial charge is 0.370 e. The lowest BCUT2D eigenvalue weighted by atomic mass is 10.1. The fourth-order valence-corrected chi connectivity index (χ4v) is 2.26. The van der Waals surface area contributed by atoms with E-state index in [0.717, 1.165) is 47.7 Å². The molecule has 2 aromatic heterocycles. The number of halogens is 1. The minimum Gasteiger partial charge on any atom is -0.370 e. The molecule has 2 aromatic rings. The molecule has 0 spiro atoms. The van der Waals surface area contributed by atoms with Crippen molar-refractivity contribution in [2.24, 2.45) is 0 Å². The molecule has 0 atom stereocenters. The van der Waals surface area contributed by atoms with Crippen molar-refractivity contribution in [3.05, 3.63) is 33.9 Å². The van der Waals surface area contributed by atoms with Crippen molar-refractivity contribution < 1.29 is 0 Å². The number of rotatable bonds is 6. The second-order valence-electron chi connectivity index (χ2n) is 4.40. The Kier molecular flexibility index (Phi) is 4.90. The van der Waals surface area contributed by atoms with Gasteiger partial charge < -0.3 is 5.32 Å². The van der Waals surface area contributed by atoms with Gasteiger partial charge in [0.2, 0.25) is 0 Å². The summed E-state index contributed by atoms with van der Waals surface area (Å²) in [5, 5.41) is 10.3. The standard InChI is InChI=1S/C13H18BrN5/c1-3-12-17-11(14)7-13(18-12)15-6-4-5-10-8-16-19-9(10)2/h7-8H,3-6H2,1-2H3,(H,16,19)(H,15,17,18). The molecular weight excluding hydrogens is 306 g/mol. The van der Waals surface area contributed by atoms with Crippen molar-refractivity contribution in [1.29, 1.82) is 0 Å². The maximum Gasteiger partial charge on any atom is 0.131 e. The fourth-order valence-electron chi connectivity index (χ4n) is 1.84. The van der Waals surface area contributed by atoms with Gasteiger partial charge in [-0.2, -0.15) is 5.10 Å². The summed E-state index contributed by atoms with van der Waals surface area (Å²) in [7, 11) is 0. The molecule has 0 saturated carbocycles. The third-order valence-electron chi connectivity index (χ3n) is 2.92. The van der Waals surface area contributed by atoms with E-state index in [4.69, 9.17) is 0 Å². The summed E-state index contributed by atoms with van der Waals surface area (Å²) in [5.41, 5.74) is 2.43. The normalized spacial score (nSPS) is 10.7. The molecule has 0 fully saturated rings. The molecule has 0 radical (unpaired) electrons. The third kappa shape index (κ3) is 4.02. The van der Waals surface area contributed by atoms with Crippen LogP contribution in [0, 0.1) is 6.92 Å². The summed E-state index contributed by atoms with van der Waals surface area (Å²) in [5.74, 6) is 1.73. The second kappa shape index (κ2) is 6.65. The molecule has 0 aromatic carbocycles. The van der Waals surface area contributed by atoms with Crippen molar-refractivity contribution in [3.63, 3.8) is 0 Å². The molecule has 0 aliphatic rings. The van der Waals surface area contributed by atoms with Crippen molar-refractivity contribution >= 4 is 21.7 Å². The Labute approximate surface area is 121 Å². The number of nitrogens with one attached hydrogen (secondary N) is 2. The number of aromatic amines is 1. The number of anilines is 1. The number of hydrogen-bond acceptors (Lipinski definition) is 4. The van der Waals surface area contributed by atoms with Gasteiger partial charge >= 0.3 is 0 Å². The first-order valence-electron chi connectivity index (χ1n) is 6.45. The molecule has 0 saturated heterocycles. The molecule has 0 aliphatic heterocycles. The molecule has 5 nitrogen and oxygen atoms in total. The van der Waals surface area contributed by atoms with E-state index in [2.05, 4.69) is 41.4 Å². The highest BCUT2D eigenvalue weighted by Gasteiger charge is 2.02. The number of H-pyrrole nitrogens is 1. The van der Waals surface area contributed by atoms with Crippen LogP contribution in [0.5, 0.6) is 0 Å². The molecule has 2 rings (SSSR count). The third-order valence-corrected chi connectivity index (χ3v) is 3.33. The summed E-state index contributed by atoms with van der Waals surface area (Å²) in [4.78, 5) is 8.72. The molecule has 0 aliphatic carbocycles. The first-order valence-corrected chi connectivity index (χ1v) is 7.24. The van der Waals surface area contributed by atoms with Crippen LogP contribution in [-0.4, -0.2) is 26.7 Å². The fraction of sp³-hybridized carbons (Fsp3) is 0.462. The zero-order valence-corrected chi connectivity index (χ0v) is 12.8. The SMILES string of the molecule is CCc1nc(Br)cc(NCCCc2cn[nH]c2C)n1. The molecule has 6 heteroatoms. The van der Waals surface area contributed by atoms with Gasteiger partial charge in [0.15, 0.2) is 0 Å². The van der Waals surface area contributed by atoms with Crippen molar-refractivity contribution in [3.8, 4) is 0 Å². The van der Waals surface area contributed by atoms with Gasteiger partial charge in [-0.15, -0.1) is 0 Å². The highest BCUT2D eigenvalue weighted by atomic mass is 79.9. The second-order valence-corrected chi connectivity index (χ2v) is 5.21. The zero-order chi connectivity index (χ0) is 13.7. The molecule has 0 bridgehead atoms. The van der Waals surface area contributed by atoms with Gasteiger partial charge in [0.05, 0.1) is 6.20 Å². The van der Waals surface area contributed by atoms with Crippen LogP contribution in [0.1, 0.15) is 30.4 Å². The maximum absolute atomic E-state index is 4.43. The number of aryl methyl sites for hydroxylation is 3. The van der Waals surface area contributed by atoms with Gasteiger partial charge in [-0.25, -0.2) is 9.97 Å². The topological polar surface area (TPSA) is 66.5 Å². The highest BCUT2D eigenvalue weighted by Crippen LogP contribution is 2.13. The van der Waals surface area contributed by atoms with E-state index in [1.54, 1.807) is 0 Å². The van der Waals surface area contributed by atoms with Gasteiger partial charge in [-0.3, -0.25) is 5.10 Å². The number of hydrogen-bond donors (Lipinski definition) is 2. The smallest absolute Gasteiger partial charge is 0.131 e. The van der Waals surface area contributed by atoms with Gasteiger partial charge in [0, 0.05) is 24.7 Å². The van der Waals surface area contributed by atoms with Gasteiger partial charge in [0.1, 0.15) is 16.2 Å². The van der Waals surface area contributed by atoms with Crippen LogP contribution in [0.3, 0.4) is 0 Å². The van der Waals surface area contributed by atoms with Crippen LogP contribution in [0.25, 0.3) is 0 Å².